The summed E-state index contributed by atoms with van der Waals surface area (Å²) in [4.78, 5) is 17.2. The molecule has 0 aliphatic heterocycles. The number of hydrogen-bond donors (Lipinski definition) is 1. The van der Waals surface area contributed by atoms with Crippen molar-refractivity contribution in [3.8, 4) is 0 Å². The van der Waals surface area contributed by atoms with Gasteiger partial charge in [0.05, 0.1) is 7.11 Å². The van der Waals surface area contributed by atoms with Crippen molar-refractivity contribution in [1.29, 1.82) is 0 Å². The van der Waals surface area contributed by atoms with E-state index in [0.717, 1.165) is 5.56 Å². The van der Waals surface area contributed by atoms with Crippen LogP contribution in [0.2, 0.25) is 0 Å². The summed E-state index contributed by atoms with van der Waals surface area (Å²) in [6.07, 6.45) is 3.46. The molecule has 1 atom stereocenters. The molecule has 0 amide bonds. The van der Waals surface area contributed by atoms with Gasteiger partial charge in [0.25, 0.3) is 0 Å². The number of ether oxygens (including phenoxy) is 1. The summed E-state index contributed by atoms with van der Waals surface area (Å²) in [5, 5.41) is 9.90. The monoisotopic (exact) mass is 238 g/mol. The van der Waals surface area contributed by atoms with Crippen molar-refractivity contribution in [2.24, 2.45) is 0 Å². The zero-order valence-corrected chi connectivity index (χ0v) is 10.4. The Kier molecular flexibility index (Phi) is 4.60. The summed E-state index contributed by atoms with van der Waals surface area (Å²) >= 11 is 0. The van der Waals surface area contributed by atoms with Crippen LogP contribution in [0.25, 0.3) is 0 Å². The van der Waals surface area contributed by atoms with Crippen LogP contribution in [-0.2, 0) is 16.1 Å². The molecule has 1 heterocycles. The molecule has 0 saturated carbocycles. The lowest BCUT2D eigenvalue weighted by molar-refractivity contribution is -0.162. The minimum atomic E-state index is -1.49. The predicted octanol–water partition coefficient (Wildman–Crippen LogP) is 0.437. The molecule has 5 nitrogen and oxygen atoms in total. The average molecular weight is 238 g/mol. The summed E-state index contributed by atoms with van der Waals surface area (Å²) in [7, 11) is 3.09. The molecule has 1 aromatic rings. The fourth-order valence-corrected chi connectivity index (χ4v) is 1.67. The van der Waals surface area contributed by atoms with Gasteiger partial charge in [0, 0.05) is 25.5 Å². The van der Waals surface area contributed by atoms with Gasteiger partial charge in [-0.15, -0.1) is 0 Å². The Bertz CT molecular complexity index is 365. The fraction of sp³-hybridized carbons (Fsp3) is 0.500. The second-order valence-corrected chi connectivity index (χ2v) is 4.30. The van der Waals surface area contributed by atoms with Gasteiger partial charge in [-0.3, -0.25) is 9.88 Å². The molecule has 5 heteroatoms. The van der Waals surface area contributed by atoms with Crippen molar-refractivity contribution in [3.05, 3.63) is 30.1 Å². The molecule has 0 aliphatic rings. The number of aromatic nitrogens is 1. The van der Waals surface area contributed by atoms with E-state index in [1.807, 2.05) is 24.1 Å². The van der Waals surface area contributed by atoms with Crippen LogP contribution >= 0.6 is 0 Å². The zero-order chi connectivity index (χ0) is 12.9. The second kappa shape index (κ2) is 5.75. The lowest BCUT2D eigenvalue weighted by Gasteiger charge is -2.26. The van der Waals surface area contributed by atoms with E-state index in [9.17, 15) is 9.90 Å². The van der Waals surface area contributed by atoms with Gasteiger partial charge in [-0.05, 0) is 25.6 Å². The van der Waals surface area contributed by atoms with Crippen molar-refractivity contribution in [2.75, 3.05) is 20.7 Å². The highest BCUT2D eigenvalue weighted by molar-refractivity contribution is 5.78. The standard InChI is InChI=1S/C12H18N2O3/c1-12(16,11(15)17-3)9-14(2)8-10-5-4-6-13-7-10/h4-7,16H,8-9H2,1-3H3. The van der Waals surface area contributed by atoms with Gasteiger partial charge in [-0.25, -0.2) is 4.79 Å². The first-order chi connectivity index (χ1) is 7.95. The van der Waals surface area contributed by atoms with E-state index in [1.54, 1.807) is 12.4 Å². The summed E-state index contributed by atoms with van der Waals surface area (Å²) in [6, 6.07) is 3.79. The molecule has 0 bridgehead atoms. The maximum atomic E-state index is 11.3. The van der Waals surface area contributed by atoms with Gasteiger partial charge in [0.2, 0.25) is 0 Å². The SMILES string of the molecule is COC(=O)C(C)(O)CN(C)Cc1cccnc1. The number of esters is 1. The van der Waals surface area contributed by atoms with Crippen molar-refractivity contribution in [2.45, 2.75) is 19.1 Å². The van der Waals surface area contributed by atoms with Crippen LogP contribution in [0.1, 0.15) is 12.5 Å². The van der Waals surface area contributed by atoms with Crippen molar-refractivity contribution in [1.82, 2.24) is 9.88 Å². The molecule has 0 saturated heterocycles. The summed E-state index contributed by atoms with van der Waals surface area (Å²) < 4.78 is 4.54. The first-order valence-electron chi connectivity index (χ1n) is 5.34. The average Bonchev–Trinajstić information content (AvgIpc) is 2.28. The zero-order valence-electron chi connectivity index (χ0n) is 10.4. The molecule has 0 aromatic carbocycles. The molecule has 1 rings (SSSR count). The molecule has 0 radical (unpaired) electrons. The van der Waals surface area contributed by atoms with Crippen LogP contribution < -0.4 is 0 Å². The number of carbonyl (C=O) groups is 1. The summed E-state index contributed by atoms with van der Waals surface area (Å²) in [5.41, 5.74) is -0.471. The lowest BCUT2D eigenvalue weighted by atomic mass is 10.1. The van der Waals surface area contributed by atoms with E-state index in [4.69, 9.17) is 0 Å². The van der Waals surface area contributed by atoms with E-state index in [0.29, 0.717) is 6.54 Å². The van der Waals surface area contributed by atoms with E-state index in [1.165, 1.54) is 14.0 Å². The number of hydrogen-bond acceptors (Lipinski definition) is 5. The summed E-state index contributed by atoms with van der Waals surface area (Å²) in [5.74, 6) is -0.629. The Hall–Kier alpha value is -1.46. The second-order valence-electron chi connectivity index (χ2n) is 4.30. The lowest BCUT2D eigenvalue weighted by Crippen LogP contribution is -2.46. The molecule has 0 spiro atoms. The number of aliphatic hydroxyl groups is 1. The predicted molar refractivity (Wildman–Crippen MR) is 63.2 cm³/mol. The van der Waals surface area contributed by atoms with Gasteiger partial charge >= 0.3 is 5.97 Å². The molecule has 0 fully saturated rings. The third-order valence-electron chi connectivity index (χ3n) is 2.38. The molecule has 17 heavy (non-hydrogen) atoms. The third-order valence-corrected chi connectivity index (χ3v) is 2.38. The summed E-state index contributed by atoms with van der Waals surface area (Å²) in [6.45, 7) is 2.26. The Morgan fingerprint density at radius 1 is 1.65 bits per heavy atom. The van der Waals surface area contributed by atoms with Gasteiger partial charge in [-0.2, -0.15) is 0 Å². The Morgan fingerprint density at radius 2 is 2.35 bits per heavy atom. The number of pyridine rings is 1. The van der Waals surface area contributed by atoms with Gasteiger partial charge in [0.1, 0.15) is 0 Å². The number of likely N-dealkylation sites (N-methyl/N-ethyl adjacent to an activating group) is 1. The molecule has 1 unspecified atom stereocenters. The molecule has 0 aliphatic carbocycles. The van der Waals surface area contributed by atoms with Crippen molar-refractivity contribution < 1.29 is 14.6 Å². The highest BCUT2D eigenvalue weighted by atomic mass is 16.5. The maximum Gasteiger partial charge on any atom is 0.338 e. The molecular formula is C12H18N2O3. The van der Waals surface area contributed by atoms with Crippen LogP contribution in [0.5, 0.6) is 0 Å². The van der Waals surface area contributed by atoms with Crippen LogP contribution in [0, 0.1) is 0 Å². The molecular weight excluding hydrogens is 220 g/mol. The number of carbonyl (C=O) groups excluding carboxylic acids is 1. The topological polar surface area (TPSA) is 62.7 Å². The number of nitrogens with zero attached hydrogens (tertiary/aromatic N) is 2. The van der Waals surface area contributed by atoms with Crippen LogP contribution in [0.15, 0.2) is 24.5 Å². The molecule has 94 valence electrons. The van der Waals surface area contributed by atoms with E-state index in [-0.39, 0.29) is 6.54 Å². The van der Waals surface area contributed by atoms with Gasteiger partial charge < -0.3 is 9.84 Å². The minimum absolute atomic E-state index is 0.203. The molecule has 1 aromatic heterocycles. The Morgan fingerprint density at radius 3 is 2.88 bits per heavy atom. The van der Waals surface area contributed by atoms with E-state index >= 15 is 0 Å². The van der Waals surface area contributed by atoms with Crippen LogP contribution in [0.3, 0.4) is 0 Å². The highest BCUT2D eigenvalue weighted by Gasteiger charge is 2.32. The van der Waals surface area contributed by atoms with Gasteiger partial charge in [-0.1, -0.05) is 6.07 Å². The normalized spacial score (nSPS) is 14.4. The van der Waals surface area contributed by atoms with E-state index < -0.39 is 11.6 Å². The quantitative estimate of drug-likeness (QED) is 0.754. The van der Waals surface area contributed by atoms with Crippen molar-refractivity contribution in [3.63, 3.8) is 0 Å². The first-order valence-corrected chi connectivity index (χ1v) is 5.34. The Balaban J connectivity index is 2.55. The largest absolute Gasteiger partial charge is 0.467 e. The van der Waals surface area contributed by atoms with Crippen LogP contribution in [-0.4, -0.2) is 47.3 Å². The first kappa shape index (κ1) is 13.6. The number of methoxy groups -OCH3 is 1. The highest BCUT2D eigenvalue weighted by Crippen LogP contribution is 2.10. The van der Waals surface area contributed by atoms with Crippen LogP contribution in [0.4, 0.5) is 0 Å². The molecule has 1 N–H and O–H groups in total. The third kappa shape index (κ3) is 4.13. The van der Waals surface area contributed by atoms with Gasteiger partial charge in [0.15, 0.2) is 5.60 Å². The number of rotatable bonds is 5. The fourth-order valence-electron chi connectivity index (χ4n) is 1.67. The van der Waals surface area contributed by atoms with E-state index in [2.05, 4.69) is 9.72 Å². The smallest absolute Gasteiger partial charge is 0.338 e. The van der Waals surface area contributed by atoms with Crippen molar-refractivity contribution >= 4 is 5.97 Å². The Labute approximate surface area is 101 Å². The minimum Gasteiger partial charge on any atom is -0.467 e. The maximum absolute atomic E-state index is 11.3.